The highest BCUT2D eigenvalue weighted by Crippen LogP contribution is 2.29. The summed E-state index contributed by atoms with van der Waals surface area (Å²) in [4.78, 5) is 19.5. The average Bonchev–Trinajstić information content (AvgIpc) is 3.10. The van der Waals surface area contributed by atoms with Crippen LogP contribution in [0.2, 0.25) is 0 Å². The molecule has 2 fully saturated rings. The number of rotatable bonds is 3. The highest BCUT2D eigenvalue weighted by molar-refractivity contribution is 7.09. The zero-order valence-electron chi connectivity index (χ0n) is 13.7. The van der Waals surface area contributed by atoms with Gasteiger partial charge in [-0.25, -0.2) is 4.98 Å². The van der Waals surface area contributed by atoms with Gasteiger partial charge < -0.3 is 9.64 Å². The third kappa shape index (κ3) is 3.23. The summed E-state index contributed by atoms with van der Waals surface area (Å²) in [6, 6.07) is 10.5. The fraction of sp³-hybridized carbons (Fsp3) is 0.474. The Morgan fingerprint density at radius 2 is 2.08 bits per heavy atom. The molecule has 2 atom stereocenters. The number of nitrogens with zero attached hydrogens (tertiary/aromatic N) is 2. The summed E-state index contributed by atoms with van der Waals surface area (Å²) in [5, 5.41) is 2.91. The molecule has 4 rings (SSSR count). The summed E-state index contributed by atoms with van der Waals surface area (Å²) in [5.41, 5.74) is 1.82. The molecule has 0 bridgehead atoms. The molecule has 0 N–H and O–H groups in total. The summed E-state index contributed by atoms with van der Waals surface area (Å²) < 4.78 is 5.87. The van der Waals surface area contributed by atoms with E-state index >= 15 is 0 Å². The van der Waals surface area contributed by atoms with Crippen molar-refractivity contribution in [3.63, 3.8) is 0 Å². The molecule has 2 aromatic rings. The molecule has 4 nitrogen and oxygen atoms in total. The van der Waals surface area contributed by atoms with E-state index in [0.717, 1.165) is 24.3 Å². The molecule has 0 spiro atoms. The largest absolute Gasteiger partial charge is 0.374 e. The Balaban J connectivity index is 1.48. The Morgan fingerprint density at radius 3 is 2.96 bits per heavy atom. The van der Waals surface area contributed by atoms with Crippen LogP contribution < -0.4 is 0 Å². The number of benzene rings is 1. The van der Waals surface area contributed by atoms with Crippen LogP contribution in [0.4, 0.5) is 0 Å². The Labute approximate surface area is 146 Å². The average molecular weight is 342 g/mol. The maximum absolute atomic E-state index is 12.9. The van der Waals surface area contributed by atoms with E-state index in [4.69, 9.17) is 4.74 Å². The lowest BCUT2D eigenvalue weighted by Gasteiger charge is -2.43. The van der Waals surface area contributed by atoms with Crippen LogP contribution in [0.15, 0.2) is 35.7 Å². The first-order valence-electron chi connectivity index (χ1n) is 8.72. The number of thiazole rings is 1. The van der Waals surface area contributed by atoms with Crippen molar-refractivity contribution in [2.75, 3.05) is 13.2 Å². The van der Waals surface area contributed by atoms with Gasteiger partial charge in [0.2, 0.25) is 0 Å². The highest BCUT2D eigenvalue weighted by atomic mass is 32.1. The number of carbonyl (C=O) groups is 1. The molecule has 1 aromatic heterocycles. The molecule has 1 saturated heterocycles. The van der Waals surface area contributed by atoms with Gasteiger partial charge in [-0.1, -0.05) is 43.2 Å². The minimum absolute atomic E-state index is 0.0748. The quantitative estimate of drug-likeness (QED) is 0.857. The van der Waals surface area contributed by atoms with E-state index in [9.17, 15) is 4.79 Å². The first kappa shape index (κ1) is 15.8. The van der Waals surface area contributed by atoms with Crippen molar-refractivity contribution in [2.45, 2.75) is 44.2 Å². The van der Waals surface area contributed by atoms with Crippen LogP contribution in [0.3, 0.4) is 0 Å². The first-order valence-corrected chi connectivity index (χ1v) is 9.60. The number of carbonyl (C=O) groups excluding carboxylic acids is 1. The smallest absolute Gasteiger partial charge is 0.273 e. The fourth-order valence-corrected chi connectivity index (χ4v) is 4.56. The van der Waals surface area contributed by atoms with Crippen LogP contribution in [0.5, 0.6) is 0 Å². The van der Waals surface area contributed by atoms with Gasteiger partial charge in [-0.05, 0) is 18.4 Å². The second-order valence-corrected chi connectivity index (χ2v) is 7.49. The molecule has 0 unspecified atom stereocenters. The molecule has 1 aliphatic carbocycles. The van der Waals surface area contributed by atoms with Crippen LogP contribution in [0.1, 0.15) is 46.7 Å². The molecule has 2 aliphatic rings. The molecule has 2 heterocycles. The molecule has 1 aromatic carbocycles. The number of ether oxygens (including phenoxy) is 1. The minimum atomic E-state index is 0.0748. The lowest BCUT2D eigenvalue weighted by Crippen LogP contribution is -2.54. The zero-order valence-corrected chi connectivity index (χ0v) is 14.5. The molecular formula is C19H22N2O2S. The SMILES string of the molecule is O=C(c1csc(Cc2ccccc2)n1)N1CCO[C@@H]2CCCC[C@H]21. The number of fused-ring (bicyclic) bond motifs is 1. The van der Waals surface area contributed by atoms with Gasteiger partial charge in [0, 0.05) is 18.3 Å². The van der Waals surface area contributed by atoms with Crippen molar-refractivity contribution >= 4 is 17.2 Å². The normalized spacial score (nSPS) is 23.8. The molecular weight excluding hydrogens is 320 g/mol. The monoisotopic (exact) mass is 342 g/mol. The number of hydrogen-bond donors (Lipinski definition) is 0. The third-order valence-corrected chi connectivity index (χ3v) is 5.81. The lowest BCUT2D eigenvalue weighted by molar-refractivity contribution is -0.0754. The number of aromatic nitrogens is 1. The molecule has 5 heteroatoms. The minimum Gasteiger partial charge on any atom is -0.374 e. The van der Waals surface area contributed by atoms with Crippen molar-refractivity contribution in [3.8, 4) is 0 Å². The summed E-state index contributed by atoms with van der Waals surface area (Å²) in [6.45, 7) is 1.33. The standard InChI is InChI=1S/C19H22N2O2S/c22-19(21-10-11-23-17-9-5-4-8-16(17)21)15-13-24-18(20-15)12-14-6-2-1-3-7-14/h1-3,6-7,13,16-17H,4-5,8-12H2/t16-,17-/m1/s1. The topological polar surface area (TPSA) is 42.4 Å². The van der Waals surface area contributed by atoms with E-state index in [0.29, 0.717) is 18.8 Å². The Morgan fingerprint density at radius 1 is 1.25 bits per heavy atom. The van der Waals surface area contributed by atoms with Crippen LogP contribution in [0, 0.1) is 0 Å². The predicted octanol–water partition coefficient (Wildman–Crippen LogP) is 3.52. The van der Waals surface area contributed by atoms with Crippen LogP contribution in [-0.4, -0.2) is 41.1 Å². The lowest BCUT2D eigenvalue weighted by atomic mass is 9.90. The molecule has 1 aliphatic heterocycles. The summed E-state index contributed by atoms with van der Waals surface area (Å²) in [7, 11) is 0. The Kier molecular flexibility index (Phi) is 4.63. The molecule has 1 amide bonds. The van der Waals surface area contributed by atoms with Gasteiger partial charge in [-0.3, -0.25) is 4.79 Å². The second kappa shape index (κ2) is 7.03. The van der Waals surface area contributed by atoms with E-state index in [1.807, 2.05) is 28.5 Å². The molecule has 1 saturated carbocycles. The van der Waals surface area contributed by atoms with E-state index in [1.54, 1.807) is 11.3 Å². The van der Waals surface area contributed by atoms with E-state index in [1.165, 1.54) is 18.4 Å². The summed E-state index contributed by atoms with van der Waals surface area (Å²) >= 11 is 1.58. The van der Waals surface area contributed by atoms with Crippen molar-refractivity contribution in [2.24, 2.45) is 0 Å². The van der Waals surface area contributed by atoms with Crippen LogP contribution in [-0.2, 0) is 11.2 Å². The van der Waals surface area contributed by atoms with Crippen molar-refractivity contribution in [1.82, 2.24) is 9.88 Å². The summed E-state index contributed by atoms with van der Waals surface area (Å²) in [5.74, 6) is 0.0748. The fourth-order valence-electron chi connectivity index (χ4n) is 3.76. The van der Waals surface area contributed by atoms with Crippen LogP contribution >= 0.6 is 11.3 Å². The molecule has 126 valence electrons. The van der Waals surface area contributed by atoms with Gasteiger partial charge in [-0.15, -0.1) is 11.3 Å². The van der Waals surface area contributed by atoms with Crippen LogP contribution in [0.25, 0.3) is 0 Å². The van der Waals surface area contributed by atoms with E-state index < -0.39 is 0 Å². The first-order chi connectivity index (χ1) is 11.8. The molecule has 24 heavy (non-hydrogen) atoms. The van der Waals surface area contributed by atoms with Crippen molar-refractivity contribution in [3.05, 3.63) is 52.0 Å². The van der Waals surface area contributed by atoms with E-state index in [2.05, 4.69) is 17.1 Å². The van der Waals surface area contributed by atoms with Gasteiger partial charge in [0.05, 0.1) is 23.8 Å². The third-order valence-electron chi connectivity index (χ3n) is 4.96. The maximum atomic E-state index is 12.9. The van der Waals surface area contributed by atoms with E-state index in [-0.39, 0.29) is 18.1 Å². The number of amides is 1. The zero-order chi connectivity index (χ0) is 16.4. The maximum Gasteiger partial charge on any atom is 0.273 e. The van der Waals surface area contributed by atoms with Crippen molar-refractivity contribution in [1.29, 1.82) is 0 Å². The highest BCUT2D eigenvalue weighted by Gasteiger charge is 2.37. The van der Waals surface area contributed by atoms with Gasteiger partial charge in [0.25, 0.3) is 5.91 Å². The van der Waals surface area contributed by atoms with Gasteiger partial charge in [0.15, 0.2) is 0 Å². The van der Waals surface area contributed by atoms with Gasteiger partial charge >= 0.3 is 0 Å². The molecule has 0 radical (unpaired) electrons. The Bertz CT molecular complexity index is 698. The van der Waals surface area contributed by atoms with Gasteiger partial charge in [-0.2, -0.15) is 0 Å². The predicted molar refractivity (Wildman–Crippen MR) is 94.4 cm³/mol. The summed E-state index contributed by atoms with van der Waals surface area (Å²) in [6.07, 6.45) is 5.53. The number of morpholine rings is 1. The number of hydrogen-bond acceptors (Lipinski definition) is 4. The van der Waals surface area contributed by atoms with Gasteiger partial charge in [0.1, 0.15) is 5.69 Å². The van der Waals surface area contributed by atoms with Crippen molar-refractivity contribution < 1.29 is 9.53 Å². The Hall–Kier alpha value is -1.72. The second-order valence-electron chi connectivity index (χ2n) is 6.55.